The molecule has 0 aliphatic carbocycles. The zero-order valence-corrected chi connectivity index (χ0v) is 19.4. The molecule has 8 heteroatoms. The van der Waals surface area contributed by atoms with Gasteiger partial charge in [-0.05, 0) is 74.3 Å². The number of rotatable bonds is 9. The van der Waals surface area contributed by atoms with E-state index in [9.17, 15) is 8.42 Å². The second-order valence-electron chi connectivity index (χ2n) is 7.50. The molecule has 164 valence electrons. The van der Waals surface area contributed by atoms with E-state index in [1.54, 1.807) is 14.2 Å². The molecule has 1 aliphatic heterocycles. The van der Waals surface area contributed by atoms with Gasteiger partial charge in [-0.3, -0.25) is 4.72 Å². The summed E-state index contributed by atoms with van der Waals surface area (Å²) < 4.78 is 35.8. The van der Waals surface area contributed by atoms with Crippen molar-refractivity contribution in [1.29, 1.82) is 0 Å². The highest BCUT2D eigenvalue weighted by Crippen LogP contribution is 2.32. The lowest BCUT2D eigenvalue weighted by Crippen LogP contribution is -2.36. The van der Waals surface area contributed by atoms with Gasteiger partial charge in [-0.1, -0.05) is 6.07 Å². The van der Waals surface area contributed by atoms with Gasteiger partial charge in [0, 0.05) is 22.4 Å². The van der Waals surface area contributed by atoms with Crippen LogP contribution in [0.2, 0.25) is 0 Å². The highest BCUT2D eigenvalue weighted by molar-refractivity contribution is 8.00. The maximum absolute atomic E-state index is 11.3. The number of methoxy groups -OCH3 is 2. The molecule has 2 aromatic carbocycles. The minimum atomic E-state index is -3.23. The van der Waals surface area contributed by atoms with E-state index in [1.807, 2.05) is 42.1 Å². The average Bonchev–Trinajstić information content (AvgIpc) is 2.73. The lowest BCUT2D eigenvalue weighted by Gasteiger charge is -2.31. The summed E-state index contributed by atoms with van der Waals surface area (Å²) in [4.78, 5) is 3.70. The Kier molecular flexibility index (Phi) is 7.91. The lowest BCUT2D eigenvalue weighted by atomic mass is 10.1. The third-order valence-electron chi connectivity index (χ3n) is 5.16. The lowest BCUT2D eigenvalue weighted by molar-refractivity contribution is 0.235. The molecule has 6 nitrogen and oxygen atoms in total. The molecule has 0 saturated carbocycles. The summed E-state index contributed by atoms with van der Waals surface area (Å²) in [5.41, 5.74) is 1.86. The molecule has 2 aromatic rings. The first kappa shape index (κ1) is 22.8. The predicted octanol–water partition coefficient (Wildman–Crippen LogP) is 3.87. The molecule has 1 fully saturated rings. The van der Waals surface area contributed by atoms with Crippen molar-refractivity contribution < 1.29 is 17.9 Å². The van der Waals surface area contributed by atoms with Crippen molar-refractivity contribution in [3.05, 3.63) is 48.0 Å². The number of hydrogen-bond acceptors (Lipinski definition) is 6. The molecule has 3 rings (SSSR count). The second-order valence-corrected chi connectivity index (χ2v) is 10.6. The summed E-state index contributed by atoms with van der Waals surface area (Å²) in [6, 6.07) is 13.7. The Morgan fingerprint density at radius 3 is 2.30 bits per heavy atom. The molecule has 0 unspecified atom stereocenters. The zero-order chi connectivity index (χ0) is 21.6. The molecule has 0 bridgehead atoms. The van der Waals surface area contributed by atoms with E-state index in [0.29, 0.717) is 10.9 Å². The average molecular weight is 451 g/mol. The van der Waals surface area contributed by atoms with Crippen molar-refractivity contribution in [2.75, 3.05) is 44.8 Å². The minimum Gasteiger partial charge on any atom is -0.493 e. The fourth-order valence-corrected chi connectivity index (χ4v) is 5.27. The maximum atomic E-state index is 11.3. The third kappa shape index (κ3) is 6.82. The second kappa shape index (κ2) is 10.4. The summed E-state index contributed by atoms with van der Waals surface area (Å²) in [6.07, 6.45) is 4.46. The number of thioether (sulfide) groups is 1. The van der Waals surface area contributed by atoms with E-state index < -0.39 is 10.0 Å². The highest BCUT2D eigenvalue weighted by atomic mass is 32.2. The number of anilines is 1. The molecule has 1 N–H and O–H groups in total. The van der Waals surface area contributed by atoms with Crippen LogP contribution < -0.4 is 14.2 Å². The van der Waals surface area contributed by atoms with Crippen molar-refractivity contribution in [2.45, 2.75) is 29.4 Å². The van der Waals surface area contributed by atoms with Crippen LogP contribution in [0.25, 0.3) is 0 Å². The van der Waals surface area contributed by atoms with Gasteiger partial charge in [0.25, 0.3) is 0 Å². The van der Waals surface area contributed by atoms with E-state index >= 15 is 0 Å². The predicted molar refractivity (Wildman–Crippen MR) is 123 cm³/mol. The molecule has 0 amide bonds. The number of benzene rings is 2. The Labute approximate surface area is 184 Å². The molecular weight excluding hydrogens is 420 g/mol. The molecule has 30 heavy (non-hydrogen) atoms. The molecule has 0 atom stereocenters. The van der Waals surface area contributed by atoms with Gasteiger partial charge < -0.3 is 14.4 Å². The first-order chi connectivity index (χ1) is 14.4. The Bertz CT molecular complexity index is 925. The van der Waals surface area contributed by atoms with E-state index in [2.05, 4.69) is 21.8 Å². The van der Waals surface area contributed by atoms with Gasteiger partial charge in [-0.2, -0.15) is 0 Å². The van der Waals surface area contributed by atoms with Gasteiger partial charge in [-0.15, -0.1) is 11.8 Å². The molecule has 1 heterocycles. The topological polar surface area (TPSA) is 67.9 Å². The minimum absolute atomic E-state index is 0.594. The van der Waals surface area contributed by atoms with Gasteiger partial charge in [-0.25, -0.2) is 8.42 Å². The third-order valence-corrected chi connectivity index (χ3v) is 7.12. The van der Waals surface area contributed by atoms with Crippen LogP contribution in [0.3, 0.4) is 0 Å². The summed E-state index contributed by atoms with van der Waals surface area (Å²) in [7, 11) is 0.0877. The van der Waals surface area contributed by atoms with Crippen molar-refractivity contribution in [2.24, 2.45) is 0 Å². The van der Waals surface area contributed by atoms with Gasteiger partial charge in [0.05, 0.1) is 20.5 Å². The SMILES string of the molecule is COc1ccc(CCN2CCC(Sc3ccc(NS(C)(=O)=O)cc3)CC2)cc1OC. The van der Waals surface area contributed by atoms with Crippen LogP contribution in [0.5, 0.6) is 11.5 Å². The number of nitrogens with one attached hydrogen (secondary N) is 1. The first-order valence-corrected chi connectivity index (χ1v) is 12.8. The molecule has 0 aromatic heterocycles. The Morgan fingerprint density at radius 2 is 1.70 bits per heavy atom. The van der Waals surface area contributed by atoms with Crippen molar-refractivity contribution in [3.63, 3.8) is 0 Å². The zero-order valence-electron chi connectivity index (χ0n) is 17.8. The number of hydrogen-bond donors (Lipinski definition) is 1. The first-order valence-electron chi connectivity index (χ1n) is 10.0. The van der Waals surface area contributed by atoms with Crippen LogP contribution in [0.4, 0.5) is 5.69 Å². The quantitative estimate of drug-likeness (QED) is 0.625. The largest absolute Gasteiger partial charge is 0.493 e. The van der Waals surface area contributed by atoms with Gasteiger partial charge in [0.15, 0.2) is 11.5 Å². The standard InChI is InChI=1S/C22H30N2O4S2/c1-27-21-9-4-17(16-22(21)28-2)10-13-24-14-11-20(12-15-24)29-19-7-5-18(6-8-19)23-30(3,25)26/h4-9,16,20,23H,10-15H2,1-3H3. The van der Waals surface area contributed by atoms with Crippen molar-refractivity contribution >= 4 is 27.5 Å². The van der Waals surface area contributed by atoms with Gasteiger partial charge in [0.1, 0.15) is 0 Å². The molecule has 0 spiro atoms. The van der Waals surface area contributed by atoms with Crippen molar-refractivity contribution in [1.82, 2.24) is 4.90 Å². The Morgan fingerprint density at radius 1 is 1.03 bits per heavy atom. The van der Waals surface area contributed by atoms with Crippen LogP contribution in [-0.2, 0) is 16.4 Å². The van der Waals surface area contributed by atoms with Crippen molar-refractivity contribution in [3.8, 4) is 11.5 Å². The van der Waals surface area contributed by atoms with E-state index in [4.69, 9.17) is 9.47 Å². The number of sulfonamides is 1. The van der Waals surface area contributed by atoms with Crippen LogP contribution in [-0.4, -0.2) is 58.7 Å². The number of nitrogens with zero attached hydrogens (tertiary/aromatic N) is 1. The Balaban J connectivity index is 1.44. The summed E-state index contributed by atoms with van der Waals surface area (Å²) in [5.74, 6) is 1.54. The number of likely N-dealkylation sites (tertiary alicyclic amines) is 1. The maximum Gasteiger partial charge on any atom is 0.229 e. The normalized spacial score (nSPS) is 15.7. The van der Waals surface area contributed by atoms with Crippen LogP contribution in [0, 0.1) is 0 Å². The van der Waals surface area contributed by atoms with E-state index in [0.717, 1.165) is 56.7 Å². The molecule has 1 aliphatic rings. The van der Waals surface area contributed by atoms with Crippen LogP contribution in [0.1, 0.15) is 18.4 Å². The molecular formula is C22H30N2O4S2. The number of piperidine rings is 1. The van der Waals surface area contributed by atoms with E-state index in [-0.39, 0.29) is 0 Å². The summed E-state index contributed by atoms with van der Waals surface area (Å²) in [6.45, 7) is 3.23. The van der Waals surface area contributed by atoms with Gasteiger partial charge >= 0.3 is 0 Å². The van der Waals surface area contributed by atoms with Crippen LogP contribution >= 0.6 is 11.8 Å². The fraction of sp³-hybridized carbons (Fsp3) is 0.455. The summed E-state index contributed by atoms with van der Waals surface area (Å²) >= 11 is 1.88. The number of ether oxygens (including phenoxy) is 2. The fourth-order valence-electron chi connectivity index (χ4n) is 3.58. The molecule has 0 radical (unpaired) electrons. The van der Waals surface area contributed by atoms with Crippen LogP contribution in [0.15, 0.2) is 47.4 Å². The highest BCUT2D eigenvalue weighted by Gasteiger charge is 2.20. The smallest absolute Gasteiger partial charge is 0.229 e. The van der Waals surface area contributed by atoms with E-state index in [1.165, 1.54) is 10.5 Å². The molecule has 1 saturated heterocycles. The summed E-state index contributed by atoms with van der Waals surface area (Å²) in [5, 5.41) is 0.594. The monoisotopic (exact) mass is 450 g/mol. The Hall–Kier alpha value is -1.90. The van der Waals surface area contributed by atoms with Gasteiger partial charge in [0.2, 0.25) is 10.0 Å².